The number of hydrogen-bond acceptors (Lipinski definition) is 5. The van der Waals surface area contributed by atoms with Crippen molar-refractivity contribution in [2.75, 3.05) is 51.4 Å². The van der Waals surface area contributed by atoms with Gasteiger partial charge in [-0.2, -0.15) is 0 Å². The van der Waals surface area contributed by atoms with Crippen LogP contribution < -0.4 is 15.5 Å². The van der Waals surface area contributed by atoms with Gasteiger partial charge < -0.3 is 29.4 Å². The van der Waals surface area contributed by atoms with E-state index in [4.69, 9.17) is 13.9 Å². The fourth-order valence-corrected chi connectivity index (χ4v) is 3.00. The van der Waals surface area contributed by atoms with E-state index in [0.29, 0.717) is 13.2 Å². The van der Waals surface area contributed by atoms with Gasteiger partial charge in [-0.15, -0.1) is 0 Å². The first kappa shape index (κ1) is 20.2. The second kappa shape index (κ2) is 11.4. The van der Waals surface area contributed by atoms with Crippen LogP contribution in [-0.4, -0.2) is 52.5 Å². The van der Waals surface area contributed by atoms with Crippen molar-refractivity contribution in [1.29, 1.82) is 0 Å². The van der Waals surface area contributed by atoms with E-state index in [2.05, 4.69) is 44.8 Å². The number of anilines is 1. The molecule has 1 aromatic carbocycles. The van der Waals surface area contributed by atoms with Crippen LogP contribution in [0.25, 0.3) is 0 Å². The van der Waals surface area contributed by atoms with Gasteiger partial charge in [0.1, 0.15) is 12.4 Å². The molecule has 0 bridgehead atoms. The topological polar surface area (TPSA) is 71.3 Å². The summed E-state index contributed by atoms with van der Waals surface area (Å²) in [5, 5.41) is 6.66. The molecule has 1 aliphatic heterocycles. The predicted molar refractivity (Wildman–Crippen MR) is 111 cm³/mol. The van der Waals surface area contributed by atoms with Gasteiger partial charge >= 0.3 is 0 Å². The number of rotatable bonds is 9. The lowest BCUT2D eigenvalue weighted by molar-refractivity contribution is 0.105. The minimum absolute atomic E-state index is 0.514. The molecule has 0 amide bonds. The second-order valence-electron chi connectivity index (χ2n) is 6.60. The average Bonchev–Trinajstić information content (AvgIpc) is 3.27. The summed E-state index contributed by atoms with van der Waals surface area (Å²) in [6.07, 6.45) is 2.56. The average molecular weight is 386 g/mol. The Morgan fingerprint density at radius 2 is 1.96 bits per heavy atom. The zero-order chi connectivity index (χ0) is 19.4. The molecule has 7 heteroatoms. The first-order valence-electron chi connectivity index (χ1n) is 9.81. The maximum atomic E-state index is 5.58. The molecule has 1 aromatic heterocycles. The lowest BCUT2D eigenvalue weighted by atomic mass is 10.2. The van der Waals surface area contributed by atoms with Gasteiger partial charge in [-0.25, -0.2) is 0 Å². The molecule has 2 aromatic rings. The smallest absolute Gasteiger partial charge is 0.191 e. The molecule has 2 heterocycles. The Kier molecular flexibility index (Phi) is 8.21. The summed E-state index contributed by atoms with van der Waals surface area (Å²) in [7, 11) is 1.78. The second-order valence-corrected chi connectivity index (χ2v) is 6.60. The lowest BCUT2D eigenvalue weighted by Gasteiger charge is -2.28. The molecule has 7 nitrogen and oxygen atoms in total. The summed E-state index contributed by atoms with van der Waals surface area (Å²) < 4.78 is 16.2. The van der Waals surface area contributed by atoms with E-state index in [1.165, 1.54) is 11.3 Å². The van der Waals surface area contributed by atoms with Gasteiger partial charge in [-0.05, 0) is 36.2 Å². The van der Waals surface area contributed by atoms with Gasteiger partial charge in [-0.3, -0.25) is 4.99 Å². The van der Waals surface area contributed by atoms with Crippen LogP contribution in [0.15, 0.2) is 52.1 Å². The highest BCUT2D eigenvalue weighted by molar-refractivity contribution is 5.79. The van der Waals surface area contributed by atoms with Crippen LogP contribution in [0.5, 0.6) is 0 Å². The summed E-state index contributed by atoms with van der Waals surface area (Å²) in [4.78, 5) is 6.63. The molecule has 28 heavy (non-hydrogen) atoms. The largest absolute Gasteiger partial charge is 0.467 e. The van der Waals surface area contributed by atoms with E-state index in [1.807, 2.05) is 12.1 Å². The molecule has 0 spiro atoms. The van der Waals surface area contributed by atoms with Crippen molar-refractivity contribution in [3.05, 3.63) is 54.0 Å². The first-order valence-corrected chi connectivity index (χ1v) is 9.81. The summed E-state index contributed by atoms with van der Waals surface area (Å²) in [6.45, 7) is 6.25. The van der Waals surface area contributed by atoms with Crippen molar-refractivity contribution < 1.29 is 13.9 Å². The van der Waals surface area contributed by atoms with Crippen molar-refractivity contribution in [1.82, 2.24) is 10.6 Å². The van der Waals surface area contributed by atoms with Crippen molar-refractivity contribution in [2.45, 2.75) is 19.6 Å². The van der Waals surface area contributed by atoms with Crippen molar-refractivity contribution in [3.8, 4) is 0 Å². The van der Waals surface area contributed by atoms with Gasteiger partial charge in [0.25, 0.3) is 0 Å². The number of hydrogen-bond donors (Lipinski definition) is 2. The molecule has 0 aliphatic carbocycles. The Morgan fingerprint density at radius 3 is 2.68 bits per heavy atom. The minimum Gasteiger partial charge on any atom is -0.467 e. The Hall–Kier alpha value is -2.51. The SMILES string of the molecule is CN=C(NCCCOCc1ccco1)NCc1ccc(N2CCOCC2)cc1. The lowest BCUT2D eigenvalue weighted by Crippen LogP contribution is -2.37. The fraction of sp³-hybridized carbons (Fsp3) is 0.476. The van der Waals surface area contributed by atoms with Gasteiger partial charge in [-0.1, -0.05) is 12.1 Å². The van der Waals surface area contributed by atoms with Crippen LogP contribution in [-0.2, 0) is 22.6 Å². The molecule has 0 saturated carbocycles. The van der Waals surface area contributed by atoms with Gasteiger partial charge in [0.2, 0.25) is 0 Å². The van der Waals surface area contributed by atoms with Gasteiger partial charge in [0.05, 0.1) is 19.5 Å². The normalized spacial score (nSPS) is 14.9. The summed E-state index contributed by atoms with van der Waals surface area (Å²) >= 11 is 0. The van der Waals surface area contributed by atoms with Crippen LogP contribution in [0.1, 0.15) is 17.7 Å². The van der Waals surface area contributed by atoms with Crippen LogP contribution in [0, 0.1) is 0 Å². The zero-order valence-corrected chi connectivity index (χ0v) is 16.5. The van der Waals surface area contributed by atoms with E-state index < -0.39 is 0 Å². The summed E-state index contributed by atoms with van der Waals surface area (Å²) in [6, 6.07) is 12.5. The van der Waals surface area contributed by atoms with Crippen molar-refractivity contribution in [3.63, 3.8) is 0 Å². The Bertz CT molecular complexity index is 695. The maximum absolute atomic E-state index is 5.58. The molecule has 152 valence electrons. The third kappa shape index (κ3) is 6.58. The van der Waals surface area contributed by atoms with E-state index in [0.717, 1.165) is 57.5 Å². The third-order valence-corrected chi connectivity index (χ3v) is 4.58. The van der Waals surface area contributed by atoms with Crippen molar-refractivity contribution >= 4 is 11.6 Å². The van der Waals surface area contributed by atoms with E-state index in [-0.39, 0.29) is 0 Å². The molecule has 1 fully saturated rings. The highest BCUT2D eigenvalue weighted by Gasteiger charge is 2.10. The van der Waals surface area contributed by atoms with Crippen molar-refractivity contribution in [2.24, 2.45) is 4.99 Å². The predicted octanol–water partition coefficient (Wildman–Crippen LogP) is 2.39. The molecule has 0 radical (unpaired) electrons. The number of ether oxygens (including phenoxy) is 2. The molecule has 0 atom stereocenters. The minimum atomic E-state index is 0.514. The molecule has 0 unspecified atom stereocenters. The Balaban J connectivity index is 1.31. The molecular formula is C21H30N4O3. The van der Waals surface area contributed by atoms with E-state index in [9.17, 15) is 0 Å². The maximum Gasteiger partial charge on any atom is 0.191 e. The highest BCUT2D eigenvalue weighted by Crippen LogP contribution is 2.16. The Labute approximate surface area is 166 Å². The highest BCUT2D eigenvalue weighted by atomic mass is 16.5. The van der Waals surface area contributed by atoms with E-state index >= 15 is 0 Å². The van der Waals surface area contributed by atoms with E-state index in [1.54, 1.807) is 13.3 Å². The van der Waals surface area contributed by atoms with Gasteiger partial charge in [0.15, 0.2) is 5.96 Å². The number of furan rings is 1. The van der Waals surface area contributed by atoms with Gasteiger partial charge in [0, 0.05) is 45.5 Å². The standard InChI is InChI=1S/C21H30N4O3/c1-22-21(23-9-3-12-27-17-20-4-2-13-28-20)24-16-18-5-7-19(8-6-18)25-10-14-26-15-11-25/h2,4-8,13H,3,9-12,14-17H2,1H3,(H2,22,23,24). The fourth-order valence-electron chi connectivity index (χ4n) is 3.00. The van der Waals surface area contributed by atoms with Crippen LogP contribution in [0.4, 0.5) is 5.69 Å². The first-order chi connectivity index (χ1) is 13.8. The Morgan fingerprint density at radius 1 is 1.14 bits per heavy atom. The van der Waals surface area contributed by atoms with Crippen LogP contribution in [0.2, 0.25) is 0 Å². The molecule has 1 aliphatic rings. The van der Waals surface area contributed by atoms with Crippen LogP contribution in [0.3, 0.4) is 0 Å². The summed E-state index contributed by atoms with van der Waals surface area (Å²) in [5.74, 6) is 1.65. The number of nitrogens with zero attached hydrogens (tertiary/aromatic N) is 2. The molecule has 2 N–H and O–H groups in total. The third-order valence-electron chi connectivity index (χ3n) is 4.58. The number of aliphatic imine (C=N–C) groups is 1. The van der Waals surface area contributed by atoms with Crippen LogP contribution >= 0.6 is 0 Å². The number of nitrogens with one attached hydrogen (secondary N) is 2. The number of guanidine groups is 1. The monoisotopic (exact) mass is 386 g/mol. The summed E-state index contributed by atoms with van der Waals surface area (Å²) in [5.41, 5.74) is 2.48. The molecular weight excluding hydrogens is 356 g/mol. The number of benzene rings is 1. The quantitative estimate of drug-likeness (QED) is 0.392. The molecule has 3 rings (SSSR count). The zero-order valence-electron chi connectivity index (χ0n) is 16.5. The number of morpholine rings is 1. The molecule has 1 saturated heterocycles.